The molecule has 3 nitrogen and oxygen atoms in total. The molecule has 0 unspecified atom stereocenters. The summed E-state index contributed by atoms with van der Waals surface area (Å²) in [7, 11) is 0. The molecule has 0 N–H and O–H groups in total. The molecular weight excluding hydrogens is 302 g/mol. The van der Waals surface area contributed by atoms with Gasteiger partial charge in [-0.1, -0.05) is 6.07 Å². The molecule has 0 saturated carbocycles. The number of hydrogen-bond acceptors (Lipinski definition) is 5. The number of Topliss-reactive ketones (excluding diaryl/α,β-unsaturated/α-hetero) is 1. The minimum atomic E-state index is -0.211. The molecule has 0 saturated heterocycles. The van der Waals surface area contributed by atoms with Gasteiger partial charge >= 0.3 is 0 Å². The molecule has 1 aliphatic rings. The maximum atomic E-state index is 12.4. The Kier molecular flexibility index (Phi) is 4.41. The van der Waals surface area contributed by atoms with E-state index in [4.69, 9.17) is 4.74 Å². The lowest BCUT2D eigenvalue weighted by Gasteiger charge is -2.03. The van der Waals surface area contributed by atoms with Gasteiger partial charge in [0.1, 0.15) is 11.0 Å². The zero-order chi connectivity index (χ0) is 14.7. The fourth-order valence-corrected chi connectivity index (χ4v) is 3.87. The number of hydrogen-bond donors (Lipinski definition) is 0. The first-order valence-electron chi connectivity index (χ1n) is 6.78. The Hall–Kier alpha value is -1.59. The van der Waals surface area contributed by atoms with Crippen LogP contribution in [0.5, 0.6) is 5.75 Å². The Bertz CT molecular complexity index is 665. The number of ketones is 1. The second-order valence-corrected chi connectivity index (χ2v) is 6.78. The van der Waals surface area contributed by atoms with Crippen LogP contribution < -0.4 is 4.74 Å². The molecule has 1 aromatic heterocycles. The fraction of sp³-hybridized carbons (Fsp3) is 0.250. The van der Waals surface area contributed by atoms with Crippen molar-refractivity contribution < 1.29 is 9.53 Å². The molecule has 0 amide bonds. The molecule has 3 rings (SSSR count). The number of thioether (sulfide) groups is 1. The molecule has 0 radical (unpaired) electrons. The van der Waals surface area contributed by atoms with E-state index in [0.717, 1.165) is 16.2 Å². The van der Waals surface area contributed by atoms with Gasteiger partial charge in [0.15, 0.2) is 5.78 Å². The van der Waals surface area contributed by atoms with Gasteiger partial charge < -0.3 is 4.74 Å². The standard InChI is InChI=1S/C16H15NO2S2/c1-2-19-11-5-6-14-13(8-11)16(18)15(21-14)10-17-9-12-4-3-7-20-12/h3-8,10,15H,2,9H2,1H3/t15-/m1/s1. The minimum Gasteiger partial charge on any atom is -0.494 e. The zero-order valence-corrected chi connectivity index (χ0v) is 13.2. The van der Waals surface area contributed by atoms with E-state index in [1.54, 1.807) is 29.3 Å². The minimum absolute atomic E-state index is 0.117. The molecule has 108 valence electrons. The number of aliphatic imine (C=N–C) groups is 1. The number of carbonyl (C=O) groups is 1. The van der Waals surface area contributed by atoms with E-state index in [0.29, 0.717) is 13.2 Å². The van der Waals surface area contributed by atoms with E-state index in [2.05, 4.69) is 11.1 Å². The molecule has 21 heavy (non-hydrogen) atoms. The third-order valence-corrected chi connectivity index (χ3v) is 5.17. The summed E-state index contributed by atoms with van der Waals surface area (Å²) in [6.07, 6.45) is 1.77. The molecule has 2 aromatic rings. The monoisotopic (exact) mass is 317 g/mol. The van der Waals surface area contributed by atoms with Gasteiger partial charge in [-0.25, -0.2) is 0 Å². The SMILES string of the molecule is CCOc1ccc2c(c1)C(=O)[C@@H](C=NCc1cccs1)S2. The van der Waals surface area contributed by atoms with E-state index < -0.39 is 0 Å². The van der Waals surface area contributed by atoms with Gasteiger partial charge in [0, 0.05) is 21.6 Å². The highest BCUT2D eigenvalue weighted by Crippen LogP contribution is 2.38. The van der Waals surface area contributed by atoms with Crippen molar-refractivity contribution in [3.63, 3.8) is 0 Å². The van der Waals surface area contributed by atoms with Gasteiger partial charge in [-0.2, -0.15) is 0 Å². The predicted octanol–water partition coefficient (Wildman–Crippen LogP) is 4.07. The largest absolute Gasteiger partial charge is 0.494 e. The van der Waals surface area contributed by atoms with Crippen molar-refractivity contribution in [3.8, 4) is 5.75 Å². The summed E-state index contributed by atoms with van der Waals surface area (Å²) in [5.41, 5.74) is 0.749. The quantitative estimate of drug-likeness (QED) is 0.780. The second kappa shape index (κ2) is 6.45. The Morgan fingerprint density at radius 1 is 1.38 bits per heavy atom. The smallest absolute Gasteiger partial charge is 0.182 e. The van der Waals surface area contributed by atoms with Crippen LogP contribution >= 0.6 is 23.1 Å². The maximum absolute atomic E-state index is 12.4. The highest BCUT2D eigenvalue weighted by molar-refractivity contribution is 8.02. The first-order valence-corrected chi connectivity index (χ1v) is 8.54. The van der Waals surface area contributed by atoms with Crippen molar-refractivity contribution in [2.45, 2.75) is 23.6 Å². The maximum Gasteiger partial charge on any atom is 0.182 e. The number of nitrogens with zero attached hydrogens (tertiary/aromatic N) is 1. The third-order valence-electron chi connectivity index (χ3n) is 3.11. The summed E-state index contributed by atoms with van der Waals surface area (Å²) in [5.74, 6) is 0.868. The Balaban J connectivity index is 1.70. The fourth-order valence-electron chi connectivity index (χ4n) is 2.14. The van der Waals surface area contributed by atoms with Crippen molar-refractivity contribution in [1.29, 1.82) is 0 Å². The van der Waals surface area contributed by atoms with Gasteiger partial charge in [-0.05, 0) is 36.6 Å². The van der Waals surface area contributed by atoms with E-state index in [1.807, 2.05) is 36.6 Å². The normalized spacial score (nSPS) is 17.4. The molecule has 1 atom stereocenters. The third kappa shape index (κ3) is 3.19. The Morgan fingerprint density at radius 2 is 2.29 bits per heavy atom. The van der Waals surface area contributed by atoms with E-state index in [1.165, 1.54) is 4.88 Å². The molecule has 0 spiro atoms. The van der Waals surface area contributed by atoms with Crippen LogP contribution in [0.4, 0.5) is 0 Å². The lowest BCUT2D eigenvalue weighted by molar-refractivity contribution is 0.101. The Morgan fingerprint density at radius 3 is 3.05 bits per heavy atom. The molecule has 2 heterocycles. The van der Waals surface area contributed by atoms with E-state index in [9.17, 15) is 4.79 Å². The average molecular weight is 317 g/mol. The number of ether oxygens (including phenoxy) is 1. The summed E-state index contributed by atoms with van der Waals surface area (Å²) >= 11 is 3.24. The number of thiophene rings is 1. The lowest BCUT2D eigenvalue weighted by atomic mass is 10.1. The second-order valence-electron chi connectivity index (χ2n) is 4.56. The van der Waals surface area contributed by atoms with Crippen molar-refractivity contribution in [2.75, 3.05) is 6.61 Å². The molecule has 0 aliphatic carbocycles. The number of fused-ring (bicyclic) bond motifs is 1. The topological polar surface area (TPSA) is 38.7 Å². The number of rotatable bonds is 5. The van der Waals surface area contributed by atoms with Gasteiger partial charge in [0.05, 0.1) is 13.2 Å². The van der Waals surface area contributed by atoms with E-state index in [-0.39, 0.29) is 11.0 Å². The van der Waals surface area contributed by atoms with Crippen LogP contribution in [0, 0.1) is 0 Å². The van der Waals surface area contributed by atoms with Crippen molar-refractivity contribution in [1.82, 2.24) is 0 Å². The van der Waals surface area contributed by atoms with Crippen molar-refractivity contribution >= 4 is 35.1 Å². The summed E-state index contributed by atoms with van der Waals surface area (Å²) < 4.78 is 5.45. The predicted molar refractivity (Wildman–Crippen MR) is 88.1 cm³/mol. The average Bonchev–Trinajstić information content (AvgIpc) is 3.10. The number of carbonyl (C=O) groups excluding carboxylic acids is 1. The van der Waals surface area contributed by atoms with Gasteiger partial charge in [-0.15, -0.1) is 23.1 Å². The van der Waals surface area contributed by atoms with Crippen LogP contribution in [-0.2, 0) is 6.54 Å². The zero-order valence-electron chi connectivity index (χ0n) is 11.6. The Labute approximate surface area is 132 Å². The first kappa shape index (κ1) is 14.4. The highest BCUT2D eigenvalue weighted by Gasteiger charge is 2.30. The van der Waals surface area contributed by atoms with Gasteiger partial charge in [0.2, 0.25) is 0 Å². The van der Waals surface area contributed by atoms with Crippen LogP contribution in [0.25, 0.3) is 0 Å². The first-order chi connectivity index (χ1) is 10.3. The summed E-state index contributed by atoms with van der Waals surface area (Å²) in [5, 5.41) is 1.82. The summed E-state index contributed by atoms with van der Waals surface area (Å²) in [6, 6.07) is 9.76. The summed E-state index contributed by atoms with van der Waals surface area (Å²) in [4.78, 5) is 19.0. The van der Waals surface area contributed by atoms with Crippen LogP contribution in [0.2, 0.25) is 0 Å². The molecular formula is C16H15NO2S2. The molecule has 0 bridgehead atoms. The van der Waals surface area contributed by atoms with Crippen molar-refractivity contribution in [2.24, 2.45) is 4.99 Å². The van der Waals surface area contributed by atoms with Crippen LogP contribution in [0.3, 0.4) is 0 Å². The van der Waals surface area contributed by atoms with Gasteiger partial charge in [0.25, 0.3) is 0 Å². The number of benzene rings is 1. The van der Waals surface area contributed by atoms with Gasteiger partial charge in [-0.3, -0.25) is 9.79 Å². The van der Waals surface area contributed by atoms with Crippen LogP contribution in [-0.4, -0.2) is 23.9 Å². The van der Waals surface area contributed by atoms with E-state index >= 15 is 0 Å². The van der Waals surface area contributed by atoms with Crippen LogP contribution in [0.15, 0.2) is 45.6 Å². The summed E-state index contributed by atoms with van der Waals surface area (Å²) in [6.45, 7) is 3.18. The van der Waals surface area contributed by atoms with Crippen LogP contribution in [0.1, 0.15) is 22.2 Å². The highest BCUT2D eigenvalue weighted by atomic mass is 32.2. The molecule has 1 aliphatic heterocycles. The molecule has 5 heteroatoms. The van der Waals surface area contributed by atoms with Crippen molar-refractivity contribution in [3.05, 3.63) is 46.2 Å². The molecule has 0 fully saturated rings. The molecule has 1 aromatic carbocycles. The lowest BCUT2D eigenvalue weighted by Crippen LogP contribution is -2.13.